The standard InChI is InChI=1S/C22H25NO.ClH/c1-2-6-18(7-3-1)16-20-17-19-8-4-5-9-21(19)22(20)10-11-23-12-14-24-15-13-23;/h1-9H,10-17H2;1H. The third-order valence-corrected chi connectivity index (χ3v) is 5.22. The van der Waals surface area contributed by atoms with Gasteiger partial charge in [-0.2, -0.15) is 0 Å². The lowest BCUT2D eigenvalue weighted by molar-refractivity contribution is 0.0390. The Labute approximate surface area is 156 Å². The van der Waals surface area contributed by atoms with Crippen LogP contribution in [-0.2, 0) is 17.6 Å². The fourth-order valence-electron chi connectivity index (χ4n) is 3.91. The fraction of sp³-hybridized carbons (Fsp3) is 0.364. The highest BCUT2D eigenvalue weighted by molar-refractivity contribution is 5.85. The third-order valence-electron chi connectivity index (χ3n) is 5.22. The molecule has 3 heteroatoms. The Morgan fingerprint density at radius 1 is 0.880 bits per heavy atom. The Morgan fingerprint density at radius 2 is 1.60 bits per heavy atom. The van der Waals surface area contributed by atoms with Crippen molar-refractivity contribution in [2.24, 2.45) is 0 Å². The van der Waals surface area contributed by atoms with E-state index in [-0.39, 0.29) is 12.4 Å². The molecular weight excluding hydrogens is 330 g/mol. The van der Waals surface area contributed by atoms with Crippen LogP contribution >= 0.6 is 12.4 Å². The van der Waals surface area contributed by atoms with Crippen LogP contribution in [0.2, 0.25) is 0 Å². The number of morpholine rings is 1. The average Bonchev–Trinajstić information content (AvgIpc) is 2.99. The van der Waals surface area contributed by atoms with Crippen molar-refractivity contribution in [3.63, 3.8) is 0 Å². The van der Waals surface area contributed by atoms with E-state index in [1.54, 1.807) is 11.1 Å². The molecule has 1 aliphatic carbocycles. The van der Waals surface area contributed by atoms with Crippen LogP contribution in [-0.4, -0.2) is 37.7 Å². The molecule has 0 radical (unpaired) electrons. The van der Waals surface area contributed by atoms with Gasteiger partial charge in [-0.1, -0.05) is 60.2 Å². The summed E-state index contributed by atoms with van der Waals surface area (Å²) in [6, 6.07) is 19.8. The first-order chi connectivity index (χ1) is 11.9. The lowest BCUT2D eigenvalue weighted by atomic mass is 9.98. The zero-order valence-electron chi connectivity index (χ0n) is 14.6. The molecule has 0 atom stereocenters. The fourth-order valence-corrected chi connectivity index (χ4v) is 3.91. The first kappa shape index (κ1) is 18.2. The molecule has 25 heavy (non-hydrogen) atoms. The summed E-state index contributed by atoms with van der Waals surface area (Å²) in [5.74, 6) is 0. The number of hydrogen-bond donors (Lipinski definition) is 0. The Balaban J connectivity index is 0.00000182. The van der Waals surface area contributed by atoms with E-state index in [1.807, 2.05) is 0 Å². The van der Waals surface area contributed by atoms with Gasteiger partial charge < -0.3 is 4.74 Å². The molecule has 2 aliphatic rings. The molecule has 0 amide bonds. The van der Waals surface area contributed by atoms with Gasteiger partial charge in [-0.05, 0) is 41.5 Å². The molecule has 0 unspecified atom stereocenters. The minimum atomic E-state index is 0. The second-order valence-corrected chi connectivity index (χ2v) is 6.78. The number of fused-ring (bicyclic) bond motifs is 1. The Kier molecular flexibility index (Phi) is 6.30. The first-order valence-electron chi connectivity index (χ1n) is 9.03. The van der Waals surface area contributed by atoms with E-state index in [0.29, 0.717) is 0 Å². The summed E-state index contributed by atoms with van der Waals surface area (Å²) in [6.07, 6.45) is 3.34. The van der Waals surface area contributed by atoms with E-state index >= 15 is 0 Å². The Bertz CT molecular complexity index is 720. The van der Waals surface area contributed by atoms with Crippen molar-refractivity contribution < 1.29 is 4.74 Å². The predicted molar refractivity (Wildman–Crippen MR) is 106 cm³/mol. The van der Waals surface area contributed by atoms with Crippen LogP contribution in [0.4, 0.5) is 0 Å². The molecule has 4 rings (SSSR count). The summed E-state index contributed by atoms with van der Waals surface area (Å²) in [5.41, 5.74) is 7.60. The number of halogens is 1. The molecule has 2 aromatic carbocycles. The van der Waals surface area contributed by atoms with Gasteiger partial charge in [0, 0.05) is 19.6 Å². The number of nitrogens with zero attached hydrogens (tertiary/aromatic N) is 1. The topological polar surface area (TPSA) is 12.5 Å². The lowest BCUT2D eigenvalue weighted by Gasteiger charge is -2.27. The highest BCUT2D eigenvalue weighted by atomic mass is 35.5. The smallest absolute Gasteiger partial charge is 0.0594 e. The molecule has 0 spiro atoms. The van der Waals surface area contributed by atoms with Crippen LogP contribution in [0.5, 0.6) is 0 Å². The van der Waals surface area contributed by atoms with E-state index in [9.17, 15) is 0 Å². The van der Waals surface area contributed by atoms with Crippen LogP contribution in [0.3, 0.4) is 0 Å². The van der Waals surface area contributed by atoms with Crippen molar-refractivity contribution in [1.29, 1.82) is 0 Å². The predicted octanol–water partition coefficient (Wildman–Crippen LogP) is 4.38. The minimum Gasteiger partial charge on any atom is -0.379 e. The van der Waals surface area contributed by atoms with Crippen molar-refractivity contribution in [1.82, 2.24) is 4.90 Å². The van der Waals surface area contributed by atoms with Gasteiger partial charge in [0.05, 0.1) is 13.2 Å². The molecule has 2 aromatic rings. The van der Waals surface area contributed by atoms with Crippen molar-refractivity contribution in [3.05, 3.63) is 76.9 Å². The van der Waals surface area contributed by atoms with Crippen LogP contribution in [0.1, 0.15) is 23.1 Å². The van der Waals surface area contributed by atoms with E-state index in [0.717, 1.165) is 52.1 Å². The maximum absolute atomic E-state index is 5.47. The highest BCUT2D eigenvalue weighted by Crippen LogP contribution is 2.36. The summed E-state index contributed by atoms with van der Waals surface area (Å²) < 4.78 is 5.47. The van der Waals surface area contributed by atoms with Crippen molar-refractivity contribution in [2.75, 3.05) is 32.8 Å². The second-order valence-electron chi connectivity index (χ2n) is 6.78. The third kappa shape index (κ3) is 4.33. The number of benzene rings is 2. The van der Waals surface area contributed by atoms with Gasteiger partial charge in [0.2, 0.25) is 0 Å². The van der Waals surface area contributed by atoms with Crippen LogP contribution in [0, 0.1) is 0 Å². The van der Waals surface area contributed by atoms with Gasteiger partial charge in [-0.3, -0.25) is 4.90 Å². The molecular formula is C22H26ClNO. The van der Waals surface area contributed by atoms with Crippen LogP contribution < -0.4 is 0 Å². The van der Waals surface area contributed by atoms with E-state index in [2.05, 4.69) is 59.5 Å². The largest absolute Gasteiger partial charge is 0.379 e. The number of rotatable bonds is 5. The molecule has 1 saturated heterocycles. The Hall–Kier alpha value is -1.61. The number of hydrogen-bond acceptors (Lipinski definition) is 2. The van der Waals surface area contributed by atoms with Crippen molar-refractivity contribution in [3.8, 4) is 0 Å². The molecule has 0 saturated carbocycles. The lowest BCUT2D eigenvalue weighted by Crippen LogP contribution is -2.36. The van der Waals surface area contributed by atoms with Gasteiger partial charge in [-0.25, -0.2) is 0 Å². The molecule has 1 aliphatic heterocycles. The maximum Gasteiger partial charge on any atom is 0.0594 e. The normalized spacial score (nSPS) is 17.3. The van der Waals surface area contributed by atoms with Gasteiger partial charge in [0.1, 0.15) is 0 Å². The molecule has 0 N–H and O–H groups in total. The first-order valence-corrected chi connectivity index (χ1v) is 9.03. The van der Waals surface area contributed by atoms with E-state index in [4.69, 9.17) is 4.74 Å². The highest BCUT2D eigenvalue weighted by Gasteiger charge is 2.22. The quantitative estimate of drug-likeness (QED) is 0.789. The van der Waals surface area contributed by atoms with Gasteiger partial charge >= 0.3 is 0 Å². The van der Waals surface area contributed by atoms with Gasteiger partial charge in [0.25, 0.3) is 0 Å². The van der Waals surface area contributed by atoms with E-state index in [1.165, 1.54) is 16.7 Å². The number of allylic oxidation sites excluding steroid dienone is 1. The summed E-state index contributed by atoms with van der Waals surface area (Å²) in [7, 11) is 0. The molecule has 1 heterocycles. The van der Waals surface area contributed by atoms with Crippen LogP contribution in [0.15, 0.2) is 60.2 Å². The SMILES string of the molecule is Cl.c1ccc(CC2=C(CCN3CCOCC3)c3ccccc3C2)cc1. The van der Waals surface area contributed by atoms with Crippen molar-refractivity contribution in [2.45, 2.75) is 19.3 Å². The van der Waals surface area contributed by atoms with Crippen molar-refractivity contribution >= 4 is 18.0 Å². The molecule has 0 aromatic heterocycles. The van der Waals surface area contributed by atoms with Crippen LogP contribution in [0.25, 0.3) is 5.57 Å². The zero-order chi connectivity index (χ0) is 16.2. The average molecular weight is 356 g/mol. The molecule has 132 valence electrons. The minimum absolute atomic E-state index is 0. The summed E-state index contributed by atoms with van der Waals surface area (Å²) in [5, 5.41) is 0. The molecule has 2 nitrogen and oxygen atoms in total. The van der Waals surface area contributed by atoms with E-state index < -0.39 is 0 Å². The summed E-state index contributed by atoms with van der Waals surface area (Å²) in [6.45, 7) is 5.05. The van der Waals surface area contributed by atoms with Gasteiger partial charge in [-0.15, -0.1) is 12.4 Å². The molecule has 1 fully saturated rings. The molecule has 0 bridgehead atoms. The monoisotopic (exact) mass is 355 g/mol. The maximum atomic E-state index is 5.47. The summed E-state index contributed by atoms with van der Waals surface area (Å²) in [4.78, 5) is 2.54. The van der Waals surface area contributed by atoms with Gasteiger partial charge in [0.15, 0.2) is 0 Å². The second kappa shape index (κ2) is 8.66. The zero-order valence-corrected chi connectivity index (χ0v) is 15.4. The number of ether oxygens (including phenoxy) is 1. The summed E-state index contributed by atoms with van der Waals surface area (Å²) >= 11 is 0. The Morgan fingerprint density at radius 3 is 2.40 bits per heavy atom.